The molecule has 1 amide bonds. The standard InChI is InChI=1S/C21H16N2O4/c1-26-19-11-10-17-15(12-22-16-8-4-5-9-18(16)27-17)20(19)13-6-2-3-7-14(13)21(24)23-25/h2-12,25H,1H3,(H,23,24). The summed E-state index contributed by atoms with van der Waals surface area (Å²) in [5.41, 5.74) is 4.64. The first-order chi connectivity index (χ1) is 13.2. The van der Waals surface area contributed by atoms with Gasteiger partial charge in [0.25, 0.3) is 5.91 Å². The van der Waals surface area contributed by atoms with Gasteiger partial charge < -0.3 is 9.47 Å². The molecule has 0 bridgehead atoms. The molecule has 0 aromatic heterocycles. The number of benzene rings is 3. The zero-order valence-corrected chi connectivity index (χ0v) is 14.5. The molecule has 0 spiro atoms. The highest BCUT2D eigenvalue weighted by atomic mass is 16.5. The fraction of sp³-hybridized carbons (Fsp3) is 0.0476. The number of carbonyl (C=O) groups excluding carboxylic acids is 1. The Balaban J connectivity index is 1.98. The summed E-state index contributed by atoms with van der Waals surface area (Å²) < 4.78 is 11.6. The second kappa shape index (κ2) is 6.93. The van der Waals surface area contributed by atoms with Gasteiger partial charge in [-0.1, -0.05) is 30.3 Å². The van der Waals surface area contributed by atoms with Gasteiger partial charge in [0, 0.05) is 22.9 Å². The number of nitrogens with zero attached hydrogens (tertiary/aromatic N) is 1. The van der Waals surface area contributed by atoms with Crippen LogP contribution in [0.4, 0.5) is 5.69 Å². The summed E-state index contributed by atoms with van der Waals surface area (Å²) in [6, 6.07) is 18.0. The molecule has 1 aliphatic rings. The fourth-order valence-electron chi connectivity index (χ4n) is 3.11. The van der Waals surface area contributed by atoms with Crippen molar-refractivity contribution in [3.63, 3.8) is 0 Å². The molecule has 2 N–H and O–H groups in total. The van der Waals surface area contributed by atoms with Crippen LogP contribution < -0.4 is 15.0 Å². The normalized spacial score (nSPS) is 11.6. The molecule has 0 unspecified atom stereocenters. The maximum absolute atomic E-state index is 12.2. The molecule has 1 heterocycles. The quantitative estimate of drug-likeness (QED) is 0.421. The Kier molecular flexibility index (Phi) is 4.32. The summed E-state index contributed by atoms with van der Waals surface area (Å²) in [6.45, 7) is 0. The first kappa shape index (κ1) is 16.8. The average Bonchev–Trinajstić information content (AvgIpc) is 2.91. The molecule has 6 heteroatoms. The van der Waals surface area contributed by atoms with Crippen molar-refractivity contribution in [3.8, 4) is 28.4 Å². The van der Waals surface area contributed by atoms with Crippen LogP contribution in [0, 0.1) is 0 Å². The van der Waals surface area contributed by atoms with Gasteiger partial charge in [-0.3, -0.25) is 15.0 Å². The van der Waals surface area contributed by atoms with E-state index in [1.165, 1.54) is 0 Å². The largest absolute Gasteiger partial charge is 0.496 e. The lowest BCUT2D eigenvalue weighted by Gasteiger charge is -2.17. The van der Waals surface area contributed by atoms with Crippen LogP contribution in [0.1, 0.15) is 15.9 Å². The number of ether oxygens (including phenoxy) is 2. The van der Waals surface area contributed by atoms with E-state index in [0.717, 1.165) is 0 Å². The Hall–Kier alpha value is -3.64. The van der Waals surface area contributed by atoms with Crippen molar-refractivity contribution >= 4 is 17.8 Å². The highest BCUT2D eigenvalue weighted by molar-refractivity contribution is 6.05. The molecule has 0 atom stereocenters. The smallest absolute Gasteiger partial charge is 0.275 e. The maximum atomic E-state index is 12.2. The lowest BCUT2D eigenvalue weighted by Crippen LogP contribution is -2.19. The van der Waals surface area contributed by atoms with Crippen molar-refractivity contribution in [3.05, 3.63) is 71.8 Å². The Morgan fingerprint density at radius 2 is 1.81 bits per heavy atom. The zero-order chi connectivity index (χ0) is 18.8. The molecule has 0 aliphatic carbocycles. The van der Waals surface area contributed by atoms with E-state index in [4.69, 9.17) is 14.7 Å². The summed E-state index contributed by atoms with van der Waals surface area (Å²) in [5, 5.41) is 9.11. The van der Waals surface area contributed by atoms with Crippen LogP contribution in [-0.2, 0) is 0 Å². The third-order valence-corrected chi connectivity index (χ3v) is 4.35. The molecule has 0 radical (unpaired) electrons. The zero-order valence-electron chi connectivity index (χ0n) is 14.5. The molecule has 0 saturated heterocycles. The number of hydrogen-bond donors (Lipinski definition) is 2. The second-order valence-corrected chi connectivity index (χ2v) is 5.87. The molecule has 27 heavy (non-hydrogen) atoms. The van der Waals surface area contributed by atoms with E-state index in [-0.39, 0.29) is 0 Å². The molecular weight excluding hydrogens is 344 g/mol. The summed E-state index contributed by atoms with van der Waals surface area (Å²) in [6.07, 6.45) is 1.70. The molecule has 0 saturated carbocycles. The topological polar surface area (TPSA) is 80.2 Å². The van der Waals surface area contributed by atoms with Gasteiger partial charge in [0.1, 0.15) is 17.2 Å². The van der Waals surface area contributed by atoms with E-state index in [9.17, 15) is 4.79 Å². The van der Waals surface area contributed by atoms with E-state index < -0.39 is 5.91 Å². The molecule has 3 aromatic carbocycles. The summed E-state index contributed by atoms with van der Waals surface area (Å²) >= 11 is 0. The van der Waals surface area contributed by atoms with Crippen LogP contribution in [0.3, 0.4) is 0 Å². The number of carbonyl (C=O) groups is 1. The number of hydrogen-bond acceptors (Lipinski definition) is 5. The molecular formula is C21H16N2O4. The van der Waals surface area contributed by atoms with Gasteiger partial charge in [0.15, 0.2) is 5.75 Å². The maximum Gasteiger partial charge on any atom is 0.275 e. The van der Waals surface area contributed by atoms with Crippen molar-refractivity contribution in [2.24, 2.45) is 4.99 Å². The van der Waals surface area contributed by atoms with Crippen molar-refractivity contribution in [1.29, 1.82) is 0 Å². The van der Waals surface area contributed by atoms with E-state index in [1.54, 1.807) is 49.1 Å². The van der Waals surface area contributed by atoms with Gasteiger partial charge in [0.05, 0.1) is 7.11 Å². The van der Waals surface area contributed by atoms with Crippen LogP contribution in [0.15, 0.2) is 65.7 Å². The summed E-state index contributed by atoms with van der Waals surface area (Å²) in [7, 11) is 1.56. The number of hydroxylamine groups is 1. The van der Waals surface area contributed by atoms with Gasteiger partial charge in [0.2, 0.25) is 0 Å². The van der Waals surface area contributed by atoms with Crippen molar-refractivity contribution in [2.45, 2.75) is 0 Å². The van der Waals surface area contributed by atoms with E-state index >= 15 is 0 Å². The van der Waals surface area contributed by atoms with Gasteiger partial charge in [-0.15, -0.1) is 0 Å². The Bertz CT molecular complexity index is 1060. The van der Waals surface area contributed by atoms with Crippen LogP contribution in [-0.4, -0.2) is 24.4 Å². The lowest BCUT2D eigenvalue weighted by molar-refractivity contribution is 0.0707. The van der Waals surface area contributed by atoms with Crippen molar-refractivity contribution < 1.29 is 19.5 Å². The van der Waals surface area contributed by atoms with Crippen LogP contribution >= 0.6 is 0 Å². The van der Waals surface area contributed by atoms with Crippen molar-refractivity contribution in [1.82, 2.24) is 5.48 Å². The molecule has 3 aromatic rings. The van der Waals surface area contributed by atoms with E-state index in [2.05, 4.69) is 4.99 Å². The minimum Gasteiger partial charge on any atom is -0.496 e. The SMILES string of the molecule is COc1ccc2c(c1-c1ccccc1C(=O)NO)C=Nc1ccccc1O2. The number of nitrogens with one attached hydrogen (secondary N) is 1. The number of amides is 1. The number of rotatable bonds is 3. The average molecular weight is 360 g/mol. The molecule has 1 aliphatic heterocycles. The fourth-order valence-corrected chi connectivity index (χ4v) is 3.11. The predicted molar refractivity (Wildman–Crippen MR) is 101 cm³/mol. The lowest BCUT2D eigenvalue weighted by atomic mass is 9.94. The number of fused-ring (bicyclic) bond motifs is 2. The Morgan fingerprint density at radius 1 is 1.04 bits per heavy atom. The van der Waals surface area contributed by atoms with Crippen LogP contribution in [0.5, 0.6) is 17.2 Å². The Labute approximate surface area is 155 Å². The highest BCUT2D eigenvalue weighted by Gasteiger charge is 2.22. The summed E-state index contributed by atoms with van der Waals surface area (Å²) in [5.74, 6) is 1.19. The Morgan fingerprint density at radius 3 is 2.63 bits per heavy atom. The van der Waals surface area contributed by atoms with Gasteiger partial charge >= 0.3 is 0 Å². The predicted octanol–water partition coefficient (Wildman–Crippen LogP) is 4.34. The highest BCUT2D eigenvalue weighted by Crippen LogP contribution is 2.43. The van der Waals surface area contributed by atoms with Gasteiger partial charge in [-0.25, -0.2) is 5.48 Å². The number of para-hydroxylation sites is 2. The molecule has 6 nitrogen and oxygen atoms in total. The van der Waals surface area contributed by atoms with E-state index in [1.807, 2.05) is 30.3 Å². The summed E-state index contributed by atoms with van der Waals surface area (Å²) in [4.78, 5) is 16.7. The first-order valence-electron chi connectivity index (χ1n) is 8.28. The van der Waals surface area contributed by atoms with Crippen LogP contribution in [0.2, 0.25) is 0 Å². The second-order valence-electron chi connectivity index (χ2n) is 5.87. The monoisotopic (exact) mass is 360 g/mol. The van der Waals surface area contributed by atoms with Gasteiger partial charge in [-0.05, 0) is 35.9 Å². The van der Waals surface area contributed by atoms with E-state index in [0.29, 0.717) is 45.2 Å². The number of aliphatic imine (C=N–C) groups is 1. The molecule has 0 fully saturated rings. The van der Waals surface area contributed by atoms with Gasteiger partial charge in [-0.2, -0.15) is 0 Å². The first-order valence-corrected chi connectivity index (χ1v) is 8.28. The molecule has 134 valence electrons. The van der Waals surface area contributed by atoms with Crippen LogP contribution in [0.25, 0.3) is 11.1 Å². The third kappa shape index (κ3) is 2.92. The number of methoxy groups -OCH3 is 1. The van der Waals surface area contributed by atoms with Crippen molar-refractivity contribution in [2.75, 3.05) is 7.11 Å². The minimum absolute atomic E-state index is 0.307. The minimum atomic E-state index is -0.611. The molecule has 4 rings (SSSR count). The third-order valence-electron chi connectivity index (χ3n) is 4.35.